The molecule has 0 aliphatic heterocycles. The maximum Gasteiger partial charge on any atom is 0.155 e. The van der Waals surface area contributed by atoms with E-state index in [2.05, 4.69) is 21.0 Å². The Morgan fingerprint density at radius 3 is 2.56 bits per heavy atom. The topological polar surface area (TPSA) is 34.9 Å². The molecule has 0 aliphatic rings. The van der Waals surface area contributed by atoms with Crippen molar-refractivity contribution >= 4 is 22.2 Å². The molecule has 2 aromatic rings. The third-order valence-corrected chi connectivity index (χ3v) is 3.19. The molecule has 1 aromatic carbocycles. The van der Waals surface area contributed by atoms with Crippen molar-refractivity contribution in [2.24, 2.45) is 7.05 Å². The van der Waals surface area contributed by atoms with Crippen molar-refractivity contribution in [3.8, 4) is 11.3 Å². The van der Waals surface area contributed by atoms with Crippen LogP contribution >= 0.6 is 15.9 Å². The fourth-order valence-corrected chi connectivity index (χ4v) is 1.81. The molecular weight excluding hydrogens is 275 g/mol. The van der Waals surface area contributed by atoms with Crippen molar-refractivity contribution in [1.82, 2.24) is 9.78 Å². The lowest BCUT2D eigenvalue weighted by Crippen LogP contribution is -1.89. The summed E-state index contributed by atoms with van der Waals surface area (Å²) in [6.07, 6.45) is 0.732. The van der Waals surface area contributed by atoms with Gasteiger partial charge in [0.2, 0.25) is 0 Å². The van der Waals surface area contributed by atoms with Gasteiger partial charge >= 0.3 is 0 Å². The first-order chi connectivity index (χ1) is 7.63. The Hall–Kier alpha value is -1.49. The van der Waals surface area contributed by atoms with Crippen LogP contribution in [-0.4, -0.2) is 16.1 Å². The molecule has 0 fully saturated rings. The number of carbonyl (C=O) groups is 1. The summed E-state index contributed by atoms with van der Waals surface area (Å²) in [6, 6.07) is 5.87. The van der Waals surface area contributed by atoms with E-state index in [1.807, 2.05) is 0 Å². The smallest absolute Gasteiger partial charge is 0.155 e. The van der Waals surface area contributed by atoms with E-state index >= 15 is 0 Å². The van der Waals surface area contributed by atoms with E-state index in [1.165, 1.54) is 12.1 Å². The van der Waals surface area contributed by atoms with E-state index in [9.17, 15) is 9.18 Å². The Morgan fingerprint density at radius 1 is 1.38 bits per heavy atom. The number of benzene rings is 1. The van der Waals surface area contributed by atoms with Gasteiger partial charge in [0, 0.05) is 12.6 Å². The minimum Gasteiger partial charge on any atom is -0.298 e. The molecule has 0 spiro atoms. The zero-order valence-corrected chi connectivity index (χ0v) is 10.0. The Morgan fingerprint density at radius 2 is 2.00 bits per heavy atom. The quantitative estimate of drug-likeness (QED) is 0.794. The molecule has 0 saturated carbocycles. The molecule has 0 aliphatic carbocycles. The molecule has 5 heteroatoms. The summed E-state index contributed by atoms with van der Waals surface area (Å²) in [5, 5.41) is 4.20. The van der Waals surface area contributed by atoms with Crippen molar-refractivity contribution in [2.45, 2.75) is 0 Å². The lowest BCUT2D eigenvalue weighted by Gasteiger charge is -1.97. The maximum atomic E-state index is 12.8. The molecule has 3 nitrogen and oxygen atoms in total. The lowest BCUT2D eigenvalue weighted by atomic mass is 10.1. The predicted molar refractivity (Wildman–Crippen MR) is 61.7 cm³/mol. The van der Waals surface area contributed by atoms with Crippen molar-refractivity contribution < 1.29 is 9.18 Å². The Labute approximate surface area is 100 Å². The van der Waals surface area contributed by atoms with Crippen LogP contribution in [0.2, 0.25) is 0 Å². The van der Waals surface area contributed by atoms with Crippen molar-refractivity contribution in [2.75, 3.05) is 0 Å². The fraction of sp³-hybridized carbons (Fsp3) is 0.0909. The molecule has 16 heavy (non-hydrogen) atoms. The number of hydrogen-bond donors (Lipinski definition) is 0. The van der Waals surface area contributed by atoms with E-state index in [1.54, 1.807) is 23.9 Å². The maximum absolute atomic E-state index is 12.8. The van der Waals surface area contributed by atoms with Crippen LogP contribution in [0.25, 0.3) is 11.3 Å². The van der Waals surface area contributed by atoms with Gasteiger partial charge in [-0.3, -0.25) is 9.48 Å². The van der Waals surface area contributed by atoms with Crippen molar-refractivity contribution in [1.29, 1.82) is 0 Å². The number of halogens is 2. The van der Waals surface area contributed by atoms with Gasteiger partial charge < -0.3 is 0 Å². The molecule has 0 atom stereocenters. The minimum atomic E-state index is -0.314. The summed E-state index contributed by atoms with van der Waals surface area (Å²) in [7, 11) is 1.73. The third kappa shape index (κ3) is 1.78. The first kappa shape index (κ1) is 11.0. The fourth-order valence-electron chi connectivity index (χ4n) is 1.45. The van der Waals surface area contributed by atoms with E-state index in [-0.39, 0.29) is 5.82 Å². The number of aldehydes is 1. The molecule has 0 radical (unpaired) electrons. The average Bonchev–Trinajstić information content (AvgIpc) is 2.56. The Kier molecular flexibility index (Phi) is 2.87. The van der Waals surface area contributed by atoms with Gasteiger partial charge in [-0.05, 0) is 40.2 Å². The van der Waals surface area contributed by atoms with Crippen LogP contribution in [0.5, 0.6) is 0 Å². The first-order valence-corrected chi connectivity index (χ1v) is 5.36. The van der Waals surface area contributed by atoms with Gasteiger partial charge in [0.15, 0.2) is 6.29 Å². The first-order valence-electron chi connectivity index (χ1n) is 4.57. The SMILES string of the molecule is Cn1nc(-c2ccc(F)cc2)c(C=O)c1Br. The zero-order chi connectivity index (χ0) is 11.7. The highest BCUT2D eigenvalue weighted by Crippen LogP contribution is 2.26. The lowest BCUT2D eigenvalue weighted by molar-refractivity contribution is 0.112. The largest absolute Gasteiger partial charge is 0.298 e. The molecular formula is C11H8BrFN2O. The second kappa shape index (κ2) is 4.17. The summed E-state index contributed by atoms with van der Waals surface area (Å²) < 4.78 is 14.9. The number of nitrogens with zero attached hydrogens (tertiary/aromatic N) is 2. The number of carbonyl (C=O) groups excluding carboxylic acids is 1. The number of aromatic nitrogens is 2. The van der Waals surface area contributed by atoms with Crippen LogP contribution < -0.4 is 0 Å². The molecule has 0 amide bonds. The minimum absolute atomic E-state index is 0.314. The zero-order valence-electron chi connectivity index (χ0n) is 8.45. The van der Waals surface area contributed by atoms with Gasteiger partial charge in [-0.25, -0.2) is 4.39 Å². The molecule has 0 N–H and O–H groups in total. The van der Waals surface area contributed by atoms with Crippen LogP contribution in [-0.2, 0) is 7.05 Å². The van der Waals surface area contributed by atoms with Crippen LogP contribution in [0, 0.1) is 5.82 Å². The number of hydrogen-bond acceptors (Lipinski definition) is 2. The van der Waals surface area contributed by atoms with Gasteiger partial charge in [0.05, 0.1) is 5.56 Å². The standard InChI is InChI=1S/C11H8BrFN2O/c1-15-11(12)9(6-16)10(14-15)7-2-4-8(13)5-3-7/h2-6H,1H3. The van der Waals surface area contributed by atoms with Gasteiger partial charge in [0.25, 0.3) is 0 Å². The highest BCUT2D eigenvalue weighted by atomic mass is 79.9. The highest BCUT2D eigenvalue weighted by molar-refractivity contribution is 9.10. The van der Waals surface area contributed by atoms with E-state index < -0.39 is 0 Å². The molecule has 1 aromatic heterocycles. The van der Waals surface area contributed by atoms with Crippen molar-refractivity contribution in [3.05, 3.63) is 40.2 Å². The van der Waals surface area contributed by atoms with E-state index in [0.29, 0.717) is 21.4 Å². The Balaban J connectivity index is 2.59. The average molecular weight is 283 g/mol. The molecule has 82 valence electrons. The molecule has 0 bridgehead atoms. The molecule has 0 saturated heterocycles. The van der Waals surface area contributed by atoms with Crippen LogP contribution in [0.1, 0.15) is 10.4 Å². The monoisotopic (exact) mass is 282 g/mol. The summed E-state index contributed by atoms with van der Waals surface area (Å²) in [5.74, 6) is -0.314. The highest BCUT2D eigenvalue weighted by Gasteiger charge is 2.14. The second-order valence-corrected chi connectivity index (χ2v) is 4.05. The number of rotatable bonds is 2. The molecule has 0 unspecified atom stereocenters. The van der Waals surface area contributed by atoms with E-state index in [0.717, 1.165) is 6.29 Å². The van der Waals surface area contributed by atoms with Gasteiger partial charge in [-0.1, -0.05) is 0 Å². The summed E-state index contributed by atoms with van der Waals surface area (Å²) >= 11 is 3.27. The van der Waals surface area contributed by atoms with Gasteiger partial charge in [-0.2, -0.15) is 5.10 Å². The summed E-state index contributed by atoms with van der Waals surface area (Å²) in [4.78, 5) is 10.9. The second-order valence-electron chi connectivity index (χ2n) is 3.30. The Bertz CT molecular complexity index is 534. The van der Waals surface area contributed by atoms with Gasteiger partial charge in [-0.15, -0.1) is 0 Å². The predicted octanol–water partition coefficient (Wildman–Crippen LogP) is 2.80. The van der Waals surface area contributed by atoms with Crippen molar-refractivity contribution in [3.63, 3.8) is 0 Å². The van der Waals surface area contributed by atoms with Gasteiger partial charge in [0.1, 0.15) is 16.1 Å². The van der Waals surface area contributed by atoms with Crippen LogP contribution in [0.4, 0.5) is 4.39 Å². The van der Waals surface area contributed by atoms with Crippen LogP contribution in [0.3, 0.4) is 0 Å². The van der Waals surface area contributed by atoms with E-state index in [4.69, 9.17) is 0 Å². The molecule has 1 heterocycles. The summed E-state index contributed by atoms with van der Waals surface area (Å²) in [6.45, 7) is 0. The third-order valence-electron chi connectivity index (χ3n) is 2.25. The molecule has 2 rings (SSSR count). The summed E-state index contributed by atoms with van der Waals surface area (Å²) in [5.41, 5.74) is 1.73. The normalized spacial score (nSPS) is 10.4. The van der Waals surface area contributed by atoms with Crippen LogP contribution in [0.15, 0.2) is 28.9 Å². The number of aryl methyl sites for hydroxylation is 1.